The van der Waals surface area contributed by atoms with Crippen LogP contribution in [0.25, 0.3) is 0 Å². The molecule has 0 heterocycles. The van der Waals surface area contributed by atoms with E-state index in [9.17, 15) is 9.59 Å². The van der Waals surface area contributed by atoms with Crippen molar-refractivity contribution in [2.45, 2.75) is 58.8 Å². The molecule has 0 fully saturated rings. The van der Waals surface area contributed by atoms with E-state index >= 15 is 0 Å². The molecule has 2 N–H and O–H groups in total. The van der Waals surface area contributed by atoms with Gasteiger partial charge in [0.05, 0.1) is 6.04 Å². The van der Waals surface area contributed by atoms with Gasteiger partial charge in [-0.3, -0.25) is 10.1 Å². The summed E-state index contributed by atoms with van der Waals surface area (Å²) >= 11 is 0. The van der Waals surface area contributed by atoms with Gasteiger partial charge in [-0.15, -0.1) is 0 Å². The summed E-state index contributed by atoms with van der Waals surface area (Å²) in [5, 5.41) is 6.46. The van der Waals surface area contributed by atoms with Crippen molar-refractivity contribution in [1.29, 1.82) is 0 Å². The second-order valence-corrected chi connectivity index (χ2v) is 9.94. The summed E-state index contributed by atoms with van der Waals surface area (Å²) in [5.74, 6) is -0.673. The minimum Gasteiger partial charge on any atom is -0.459 e. The minimum absolute atomic E-state index is 0.0382. The summed E-state index contributed by atoms with van der Waals surface area (Å²) < 4.78 is 5.61. The van der Waals surface area contributed by atoms with Crippen molar-refractivity contribution in [1.82, 2.24) is 10.6 Å². The predicted molar refractivity (Wildman–Crippen MR) is 140 cm³/mol. The zero-order valence-electron chi connectivity index (χ0n) is 21.0. The third-order valence-corrected chi connectivity index (χ3v) is 5.95. The van der Waals surface area contributed by atoms with E-state index in [1.165, 1.54) is 0 Å². The van der Waals surface area contributed by atoms with Crippen LogP contribution in [-0.4, -0.2) is 24.0 Å². The summed E-state index contributed by atoms with van der Waals surface area (Å²) in [6.07, 6.45) is 0.352. The Morgan fingerprint density at radius 3 is 1.86 bits per heavy atom. The van der Waals surface area contributed by atoms with Gasteiger partial charge in [0.25, 0.3) is 0 Å². The summed E-state index contributed by atoms with van der Waals surface area (Å²) in [5.41, 5.74) is 2.57. The van der Waals surface area contributed by atoms with Crippen LogP contribution >= 0.6 is 0 Å². The van der Waals surface area contributed by atoms with Crippen molar-refractivity contribution in [3.05, 3.63) is 108 Å². The first-order valence-electron chi connectivity index (χ1n) is 12.1. The number of benzene rings is 3. The minimum atomic E-state index is -0.799. The van der Waals surface area contributed by atoms with Crippen molar-refractivity contribution in [2.75, 3.05) is 0 Å². The molecule has 3 rings (SSSR count). The normalized spacial score (nSPS) is 13.9. The number of carbonyl (C=O) groups is 2. The highest BCUT2D eigenvalue weighted by atomic mass is 16.5. The molecule has 0 aliphatic carbocycles. The summed E-state index contributed by atoms with van der Waals surface area (Å²) in [7, 11) is 0. The van der Waals surface area contributed by atoms with E-state index in [0.29, 0.717) is 6.42 Å². The van der Waals surface area contributed by atoms with E-state index in [0.717, 1.165) is 16.7 Å². The smallest absolute Gasteiger partial charge is 0.329 e. The first kappa shape index (κ1) is 26.2. The lowest BCUT2D eigenvalue weighted by atomic mass is 9.85. The van der Waals surface area contributed by atoms with E-state index in [-0.39, 0.29) is 24.0 Å². The van der Waals surface area contributed by atoms with Crippen LogP contribution in [0.4, 0.5) is 0 Å². The van der Waals surface area contributed by atoms with Crippen LogP contribution in [0.5, 0.6) is 0 Å². The Morgan fingerprint density at radius 2 is 1.31 bits per heavy atom. The summed E-state index contributed by atoms with van der Waals surface area (Å²) in [6, 6.07) is 27.9. The first-order chi connectivity index (χ1) is 16.7. The molecule has 0 bridgehead atoms. The van der Waals surface area contributed by atoms with Crippen LogP contribution in [0.15, 0.2) is 91.0 Å². The number of esters is 1. The van der Waals surface area contributed by atoms with E-state index < -0.39 is 18.1 Å². The Bertz CT molecular complexity index is 1060. The maximum absolute atomic E-state index is 13.6. The Labute approximate surface area is 208 Å². The van der Waals surface area contributed by atoms with Gasteiger partial charge in [0.15, 0.2) is 0 Å². The SMILES string of the molecule is C[C@H](N[C@@H](C(=O)N[C@@H](Cc1ccccc1)C(=O)OCc1ccccc1)C(C)(C)C)c1ccccc1. The van der Waals surface area contributed by atoms with Crippen LogP contribution in [0, 0.1) is 5.41 Å². The summed E-state index contributed by atoms with van der Waals surface area (Å²) in [4.78, 5) is 26.7. The summed E-state index contributed by atoms with van der Waals surface area (Å²) in [6.45, 7) is 8.25. The van der Waals surface area contributed by atoms with Gasteiger partial charge < -0.3 is 10.1 Å². The monoisotopic (exact) mass is 472 g/mol. The van der Waals surface area contributed by atoms with Crippen molar-refractivity contribution < 1.29 is 14.3 Å². The molecule has 3 atom stereocenters. The second-order valence-electron chi connectivity index (χ2n) is 9.94. The Hall–Kier alpha value is -3.44. The van der Waals surface area contributed by atoms with E-state index in [1.807, 2.05) is 119 Å². The first-order valence-corrected chi connectivity index (χ1v) is 12.1. The van der Waals surface area contributed by atoms with Crippen molar-refractivity contribution in [2.24, 2.45) is 5.41 Å². The van der Waals surface area contributed by atoms with Gasteiger partial charge >= 0.3 is 5.97 Å². The van der Waals surface area contributed by atoms with E-state index in [4.69, 9.17) is 4.74 Å². The number of hydrogen-bond donors (Lipinski definition) is 2. The van der Waals surface area contributed by atoms with E-state index in [2.05, 4.69) is 10.6 Å². The molecule has 5 nitrogen and oxygen atoms in total. The predicted octanol–water partition coefficient (Wildman–Crippen LogP) is 5.22. The van der Waals surface area contributed by atoms with Crippen molar-refractivity contribution in [3.8, 4) is 0 Å². The van der Waals surface area contributed by atoms with E-state index in [1.54, 1.807) is 0 Å². The molecule has 0 aliphatic heterocycles. The molecule has 0 saturated heterocycles. The molecular formula is C30H36N2O3. The fourth-order valence-corrected chi connectivity index (χ4v) is 3.93. The molecule has 3 aromatic rings. The Balaban J connectivity index is 1.75. The topological polar surface area (TPSA) is 67.4 Å². The van der Waals surface area contributed by atoms with Crippen LogP contribution < -0.4 is 10.6 Å². The third kappa shape index (κ3) is 8.08. The van der Waals surface area contributed by atoms with Crippen LogP contribution in [0.1, 0.15) is 50.4 Å². The van der Waals surface area contributed by atoms with Crippen molar-refractivity contribution >= 4 is 11.9 Å². The quantitative estimate of drug-likeness (QED) is 0.397. The van der Waals surface area contributed by atoms with Gasteiger partial charge in [0.2, 0.25) is 5.91 Å². The molecule has 0 saturated carbocycles. The van der Waals surface area contributed by atoms with Gasteiger partial charge in [-0.25, -0.2) is 4.79 Å². The lowest BCUT2D eigenvalue weighted by molar-refractivity contribution is -0.149. The fraction of sp³-hybridized carbons (Fsp3) is 0.333. The molecule has 1 amide bonds. The number of amides is 1. The molecule has 184 valence electrons. The van der Waals surface area contributed by atoms with Gasteiger partial charge in [0.1, 0.15) is 12.6 Å². The Morgan fingerprint density at radius 1 is 0.800 bits per heavy atom. The van der Waals surface area contributed by atoms with Gasteiger partial charge in [-0.1, -0.05) is 112 Å². The number of nitrogens with one attached hydrogen (secondary N) is 2. The second kappa shape index (κ2) is 12.3. The molecule has 5 heteroatoms. The maximum atomic E-state index is 13.6. The molecule has 35 heavy (non-hydrogen) atoms. The Kier molecular flexibility index (Phi) is 9.21. The fourth-order valence-electron chi connectivity index (χ4n) is 3.93. The van der Waals surface area contributed by atoms with Crippen molar-refractivity contribution in [3.63, 3.8) is 0 Å². The largest absolute Gasteiger partial charge is 0.459 e. The van der Waals surface area contributed by atoms with Gasteiger partial charge in [-0.2, -0.15) is 0 Å². The molecule has 0 spiro atoms. The highest BCUT2D eigenvalue weighted by molar-refractivity contribution is 5.88. The average Bonchev–Trinajstić information content (AvgIpc) is 2.86. The highest BCUT2D eigenvalue weighted by Crippen LogP contribution is 2.23. The van der Waals surface area contributed by atoms with Gasteiger partial charge in [0, 0.05) is 12.5 Å². The van der Waals surface area contributed by atoms with Crippen LogP contribution in [0.2, 0.25) is 0 Å². The zero-order valence-corrected chi connectivity index (χ0v) is 21.0. The number of hydrogen-bond acceptors (Lipinski definition) is 4. The number of ether oxygens (including phenoxy) is 1. The standard InChI is InChI=1S/C30H36N2O3/c1-22(25-18-12-7-13-19-25)31-27(30(2,3)4)28(33)32-26(20-23-14-8-5-9-15-23)29(34)35-21-24-16-10-6-11-17-24/h5-19,22,26-27,31H,20-21H2,1-4H3,(H,32,33)/t22-,26-,27-/m0/s1. The van der Waals surface area contributed by atoms with Gasteiger partial charge in [-0.05, 0) is 29.0 Å². The maximum Gasteiger partial charge on any atom is 0.329 e. The van der Waals surface area contributed by atoms with Crippen LogP contribution in [-0.2, 0) is 27.4 Å². The molecule has 0 aliphatic rings. The molecule has 0 radical (unpaired) electrons. The third-order valence-electron chi connectivity index (χ3n) is 5.95. The molecule has 0 aromatic heterocycles. The zero-order chi connectivity index (χ0) is 25.3. The molecule has 0 unspecified atom stereocenters. The lowest BCUT2D eigenvalue weighted by Crippen LogP contribution is -2.56. The highest BCUT2D eigenvalue weighted by Gasteiger charge is 2.35. The number of carbonyl (C=O) groups excluding carboxylic acids is 2. The lowest BCUT2D eigenvalue weighted by Gasteiger charge is -2.34. The average molecular weight is 473 g/mol. The van der Waals surface area contributed by atoms with Crippen LogP contribution in [0.3, 0.4) is 0 Å². The number of rotatable bonds is 10. The molecular weight excluding hydrogens is 436 g/mol. The molecule has 3 aromatic carbocycles.